The predicted octanol–water partition coefficient (Wildman–Crippen LogP) is 2.92. The second kappa shape index (κ2) is 4.52. The molecule has 108 valence electrons. The minimum Gasteiger partial charge on any atom is -0.390 e. The molecule has 0 rings (SSSR count). The van der Waals surface area contributed by atoms with Crippen molar-refractivity contribution in [2.24, 2.45) is 16.2 Å². The minimum atomic E-state index is -0.861. The molecule has 3 heteroatoms. The van der Waals surface area contributed by atoms with Crippen LogP contribution in [0.3, 0.4) is 0 Å². The number of aliphatic hydroxyl groups is 1. The van der Waals surface area contributed by atoms with Crippen molar-refractivity contribution in [2.45, 2.75) is 61.0 Å². The van der Waals surface area contributed by atoms with Crippen LogP contribution in [0.15, 0.2) is 0 Å². The van der Waals surface area contributed by atoms with E-state index in [0.29, 0.717) is 0 Å². The monoisotopic (exact) mass is 257 g/mol. The second-order valence-corrected chi connectivity index (χ2v) is 7.63. The number of carbonyl (C=O) groups is 1. The summed E-state index contributed by atoms with van der Waals surface area (Å²) in [5, 5.41) is 10.4. The van der Waals surface area contributed by atoms with Crippen LogP contribution in [0, 0.1) is 16.2 Å². The third kappa shape index (κ3) is 2.42. The topological polar surface area (TPSA) is 40.5 Å². The maximum Gasteiger partial charge on any atom is 0.228 e. The molecular weight excluding hydrogens is 226 g/mol. The van der Waals surface area contributed by atoms with Crippen molar-refractivity contribution in [3.63, 3.8) is 0 Å². The average Bonchev–Trinajstić information content (AvgIpc) is 2.13. The Kier molecular flexibility index (Phi) is 4.37. The van der Waals surface area contributed by atoms with Crippen molar-refractivity contribution >= 4 is 5.91 Å². The van der Waals surface area contributed by atoms with Crippen LogP contribution in [-0.4, -0.2) is 35.6 Å². The van der Waals surface area contributed by atoms with Gasteiger partial charge in [-0.2, -0.15) is 0 Å². The van der Waals surface area contributed by atoms with Gasteiger partial charge in [0.1, 0.15) is 0 Å². The summed E-state index contributed by atoms with van der Waals surface area (Å²) in [6.45, 7) is 15.7. The smallest absolute Gasteiger partial charge is 0.228 e. The molecule has 1 N–H and O–H groups in total. The molecule has 0 aliphatic heterocycles. The predicted molar refractivity (Wildman–Crippen MR) is 76.3 cm³/mol. The molecule has 0 radical (unpaired) electrons. The van der Waals surface area contributed by atoms with Crippen LogP contribution in [0.2, 0.25) is 0 Å². The summed E-state index contributed by atoms with van der Waals surface area (Å²) in [6.07, 6.45) is 0. The largest absolute Gasteiger partial charge is 0.390 e. The van der Waals surface area contributed by atoms with Gasteiger partial charge in [-0.05, 0) is 24.7 Å². The first-order valence-electron chi connectivity index (χ1n) is 6.55. The molecule has 3 nitrogen and oxygen atoms in total. The van der Waals surface area contributed by atoms with Gasteiger partial charge in [-0.15, -0.1) is 0 Å². The van der Waals surface area contributed by atoms with Crippen LogP contribution >= 0.6 is 0 Å². The van der Waals surface area contributed by atoms with E-state index in [2.05, 4.69) is 13.8 Å². The molecule has 0 unspecified atom stereocenters. The first-order valence-corrected chi connectivity index (χ1v) is 6.55. The summed E-state index contributed by atoms with van der Waals surface area (Å²) < 4.78 is 0. The van der Waals surface area contributed by atoms with E-state index in [0.717, 1.165) is 0 Å². The molecule has 0 heterocycles. The van der Waals surface area contributed by atoms with Crippen molar-refractivity contribution in [2.75, 3.05) is 14.1 Å². The lowest BCUT2D eigenvalue weighted by molar-refractivity contribution is -0.170. The molecule has 0 saturated heterocycles. The molecule has 0 atom stereocenters. The SMILES string of the molecule is CN(C)C(=O)C(C)(C)C(C)(C)C(C)(C)C(C)(C)O. The fourth-order valence-electron chi connectivity index (χ4n) is 2.37. The first-order chi connectivity index (χ1) is 7.60. The van der Waals surface area contributed by atoms with Gasteiger partial charge in [0.2, 0.25) is 5.91 Å². The summed E-state index contributed by atoms with van der Waals surface area (Å²) >= 11 is 0. The first kappa shape index (κ1) is 17.4. The van der Waals surface area contributed by atoms with E-state index < -0.39 is 16.4 Å². The van der Waals surface area contributed by atoms with Gasteiger partial charge in [-0.25, -0.2) is 0 Å². The van der Waals surface area contributed by atoms with Gasteiger partial charge in [0.25, 0.3) is 0 Å². The lowest BCUT2D eigenvalue weighted by Gasteiger charge is -2.56. The third-order valence-electron chi connectivity index (χ3n) is 5.60. The number of nitrogens with zero attached hydrogens (tertiary/aromatic N) is 1. The van der Waals surface area contributed by atoms with Gasteiger partial charge in [0.15, 0.2) is 0 Å². The summed E-state index contributed by atoms with van der Waals surface area (Å²) in [7, 11) is 3.55. The van der Waals surface area contributed by atoms with E-state index in [1.54, 1.807) is 19.0 Å². The van der Waals surface area contributed by atoms with Gasteiger partial charge in [-0.1, -0.05) is 41.5 Å². The number of hydrogen-bond donors (Lipinski definition) is 1. The second-order valence-electron chi connectivity index (χ2n) is 7.63. The summed E-state index contributed by atoms with van der Waals surface area (Å²) in [4.78, 5) is 14.1. The van der Waals surface area contributed by atoms with E-state index in [1.807, 2.05) is 41.5 Å². The molecule has 0 aromatic heterocycles. The zero-order chi connectivity index (χ0) is 15.2. The van der Waals surface area contributed by atoms with Crippen LogP contribution in [-0.2, 0) is 4.79 Å². The summed E-state index contributed by atoms with van der Waals surface area (Å²) in [6, 6.07) is 0. The highest BCUT2D eigenvalue weighted by atomic mass is 16.3. The Morgan fingerprint density at radius 3 is 1.39 bits per heavy atom. The number of rotatable bonds is 4. The van der Waals surface area contributed by atoms with Crippen molar-refractivity contribution in [3.8, 4) is 0 Å². The van der Waals surface area contributed by atoms with Crippen LogP contribution in [0.1, 0.15) is 55.4 Å². The molecule has 0 aliphatic rings. The average molecular weight is 257 g/mol. The fraction of sp³-hybridized carbons (Fsp3) is 0.933. The van der Waals surface area contributed by atoms with Crippen molar-refractivity contribution in [1.29, 1.82) is 0 Å². The Bertz CT molecular complexity index is 320. The zero-order valence-electron chi connectivity index (χ0n) is 13.8. The molecule has 0 aliphatic carbocycles. The van der Waals surface area contributed by atoms with Gasteiger partial charge in [0, 0.05) is 19.5 Å². The Labute approximate surface area is 113 Å². The molecule has 0 fully saturated rings. The minimum absolute atomic E-state index is 0.0878. The standard InChI is InChI=1S/C15H31NO2/c1-12(2,11(17)16(9)10)13(3,4)14(5,6)15(7,8)18/h18H,1-10H3. The highest BCUT2D eigenvalue weighted by molar-refractivity contribution is 5.82. The number of carbonyl (C=O) groups excluding carboxylic acids is 1. The molecule has 0 bridgehead atoms. The molecule has 0 aromatic carbocycles. The highest BCUT2D eigenvalue weighted by Crippen LogP contribution is 2.56. The number of hydrogen-bond acceptors (Lipinski definition) is 2. The van der Waals surface area contributed by atoms with Gasteiger partial charge >= 0.3 is 0 Å². The maximum atomic E-state index is 12.4. The quantitative estimate of drug-likeness (QED) is 0.841. The van der Waals surface area contributed by atoms with E-state index in [4.69, 9.17) is 0 Å². The van der Waals surface area contributed by atoms with Gasteiger partial charge in [-0.3, -0.25) is 4.79 Å². The Hall–Kier alpha value is -0.570. The Morgan fingerprint density at radius 2 is 1.17 bits per heavy atom. The number of amides is 1. The molecular formula is C15H31NO2. The molecule has 18 heavy (non-hydrogen) atoms. The zero-order valence-corrected chi connectivity index (χ0v) is 13.8. The van der Waals surface area contributed by atoms with Crippen molar-refractivity contribution < 1.29 is 9.90 Å². The third-order valence-corrected chi connectivity index (χ3v) is 5.60. The Balaban J connectivity index is 5.72. The van der Waals surface area contributed by atoms with Gasteiger partial charge in [0.05, 0.1) is 5.60 Å². The summed E-state index contributed by atoms with van der Waals surface area (Å²) in [5.41, 5.74) is -2.19. The maximum absolute atomic E-state index is 12.4. The van der Waals surface area contributed by atoms with Crippen molar-refractivity contribution in [1.82, 2.24) is 4.90 Å². The van der Waals surface area contributed by atoms with E-state index in [1.165, 1.54) is 0 Å². The van der Waals surface area contributed by atoms with Crippen molar-refractivity contribution in [3.05, 3.63) is 0 Å². The van der Waals surface area contributed by atoms with E-state index in [9.17, 15) is 9.90 Å². The van der Waals surface area contributed by atoms with E-state index >= 15 is 0 Å². The lowest BCUT2D eigenvalue weighted by atomic mass is 9.50. The van der Waals surface area contributed by atoms with Crippen LogP contribution in [0.5, 0.6) is 0 Å². The lowest BCUT2D eigenvalue weighted by Crippen LogP contribution is -2.58. The molecule has 0 saturated carbocycles. The fourth-order valence-corrected chi connectivity index (χ4v) is 2.37. The van der Waals surface area contributed by atoms with E-state index in [-0.39, 0.29) is 11.3 Å². The molecule has 0 aromatic rings. The molecule has 0 spiro atoms. The van der Waals surface area contributed by atoms with Crippen LogP contribution in [0.25, 0.3) is 0 Å². The Morgan fingerprint density at radius 1 is 0.833 bits per heavy atom. The normalized spacial score (nSPS) is 14.6. The summed E-state index contributed by atoms with van der Waals surface area (Å²) in [5.74, 6) is 0.0878. The van der Waals surface area contributed by atoms with Crippen LogP contribution < -0.4 is 0 Å². The van der Waals surface area contributed by atoms with Gasteiger partial charge < -0.3 is 10.0 Å². The molecule has 1 amide bonds. The highest BCUT2D eigenvalue weighted by Gasteiger charge is 2.57. The van der Waals surface area contributed by atoms with Crippen LogP contribution in [0.4, 0.5) is 0 Å².